The minimum absolute atomic E-state index is 0.00521. The van der Waals surface area contributed by atoms with E-state index in [0.717, 1.165) is 41.8 Å². The molecule has 1 N–H and O–H groups in total. The van der Waals surface area contributed by atoms with Gasteiger partial charge in [-0.25, -0.2) is 0 Å². The molecule has 2 aliphatic rings. The smallest absolute Gasteiger partial charge is 0.254 e. The lowest BCUT2D eigenvalue weighted by molar-refractivity contribution is -0.121. The quantitative estimate of drug-likeness (QED) is 0.776. The number of piperidine rings is 1. The molecule has 5 nitrogen and oxygen atoms in total. The largest absolute Gasteiger partial charge is 0.369 e. The number of likely N-dealkylation sites (tertiary alicyclic amines) is 1. The van der Waals surface area contributed by atoms with E-state index in [9.17, 15) is 9.59 Å². The Labute approximate surface area is 185 Å². The molecular formula is C26H33N3O2. The van der Waals surface area contributed by atoms with E-state index >= 15 is 0 Å². The Kier molecular flexibility index (Phi) is 6.30. The molecule has 2 aromatic rings. The first-order valence-corrected chi connectivity index (χ1v) is 11.5. The van der Waals surface area contributed by atoms with Crippen LogP contribution in [-0.2, 0) is 4.79 Å². The lowest BCUT2D eigenvalue weighted by atomic mass is 9.95. The SMILES string of the molecule is Cc1cccc(C)c1C(=O)N1CCCC(C(=O)Nc2cccc(N3CCCC3C)c2)C1. The number of nitrogens with one attached hydrogen (secondary N) is 1. The minimum Gasteiger partial charge on any atom is -0.369 e. The zero-order valence-electron chi connectivity index (χ0n) is 18.9. The summed E-state index contributed by atoms with van der Waals surface area (Å²) in [7, 11) is 0. The Balaban J connectivity index is 1.43. The van der Waals surface area contributed by atoms with Gasteiger partial charge in [-0.15, -0.1) is 0 Å². The molecule has 2 atom stereocenters. The van der Waals surface area contributed by atoms with Crippen molar-refractivity contribution in [3.8, 4) is 0 Å². The van der Waals surface area contributed by atoms with E-state index in [0.29, 0.717) is 19.1 Å². The van der Waals surface area contributed by atoms with Crippen LogP contribution in [-0.4, -0.2) is 42.4 Å². The molecule has 2 fully saturated rings. The van der Waals surface area contributed by atoms with Crippen LogP contribution in [0.25, 0.3) is 0 Å². The number of aryl methyl sites for hydroxylation is 2. The highest BCUT2D eigenvalue weighted by Crippen LogP contribution is 2.28. The van der Waals surface area contributed by atoms with Crippen LogP contribution >= 0.6 is 0 Å². The van der Waals surface area contributed by atoms with Gasteiger partial charge < -0.3 is 15.1 Å². The molecule has 2 unspecified atom stereocenters. The average molecular weight is 420 g/mol. The van der Waals surface area contributed by atoms with E-state index in [1.54, 1.807) is 0 Å². The lowest BCUT2D eigenvalue weighted by Crippen LogP contribution is -2.44. The van der Waals surface area contributed by atoms with Crippen molar-refractivity contribution in [3.05, 3.63) is 59.2 Å². The first-order valence-electron chi connectivity index (χ1n) is 11.5. The van der Waals surface area contributed by atoms with Crippen LogP contribution in [0.2, 0.25) is 0 Å². The van der Waals surface area contributed by atoms with Crippen LogP contribution < -0.4 is 10.2 Å². The summed E-state index contributed by atoms with van der Waals surface area (Å²) in [6.07, 6.45) is 4.08. The van der Waals surface area contributed by atoms with Gasteiger partial charge in [0.25, 0.3) is 5.91 Å². The molecule has 4 rings (SSSR count). The highest BCUT2D eigenvalue weighted by atomic mass is 16.2. The van der Waals surface area contributed by atoms with Crippen LogP contribution in [0.4, 0.5) is 11.4 Å². The molecule has 2 amide bonds. The number of amides is 2. The molecule has 2 aromatic carbocycles. The highest BCUT2D eigenvalue weighted by Gasteiger charge is 2.30. The Morgan fingerprint density at radius 3 is 2.39 bits per heavy atom. The highest BCUT2D eigenvalue weighted by molar-refractivity contribution is 5.98. The van der Waals surface area contributed by atoms with Crippen molar-refractivity contribution in [3.63, 3.8) is 0 Å². The van der Waals surface area contributed by atoms with E-state index < -0.39 is 0 Å². The van der Waals surface area contributed by atoms with Gasteiger partial charge in [0.15, 0.2) is 0 Å². The van der Waals surface area contributed by atoms with E-state index in [-0.39, 0.29) is 17.7 Å². The third kappa shape index (κ3) is 4.60. The molecule has 5 heteroatoms. The molecule has 31 heavy (non-hydrogen) atoms. The number of rotatable bonds is 4. The molecule has 0 bridgehead atoms. The van der Waals surface area contributed by atoms with Gasteiger partial charge in [-0.05, 0) is 75.8 Å². The summed E-state index contributed by atoms with van der Waals surface area (Å²) in [5.74, 6) is -0.139. The van der Waals surface area contributed by atoms with Gasteiger partial charge in [-0.2, -0.15) is 0 Å². The van der Waals surface area contributed by atoms with Crippen molar-refractivity contribution in [1.29, 1.82) is 0 Å². The maximum absolute atomic E-state index is 13.2. The fourth-order valence-electron chi connectivity index (χ4n) is 5.01. The number of benzene rings is 2. The molecule has 2 saturated heterocycles. The van der Waals surface area contributed by atoms with E-state index in [1.807, 2.05) is 49.1 Å². The van der Waals surface area contributed by atoms with Crippen molar-refractivity contribution < 1.29 is 9.59 Å². The average Bonchev–Trinajstić information content (AvgIpc) is 3.19. The van der Waals surface area contributed by atoms with Gasteiger partial charge in [-0.1, -0.05) is 24.3 Å². The van der Waals surface area contributed by atoms with Gasteiger partial charge in [-0.3, -0.25) is 9.59 Å². The van der Waals surface area contributed by atoms with Crippen LogP contribution in [0.1, 0.15) is 54.1 Å². The summed E-state index contributed by atoms with van der Waals surface area (Å²) in [6, 6.07) is 14.6. The van der Waals surface area contributed by atoms with E-state index in [2.05, 4.69) is 29.3 Å². The molecule has 2 aliphatic heterocycles. The second kappa shape index (κ2) is 9.13. The lowest BCUT2D eigenvalue weighted by Gasteiger charge is -2.33. The molecule has 0 radical (unpaired) electrons. The van der Waals surface area contributed by atoms with Crippen molar-refractivity contribution in [2.24, 2.45) is 5.92 Å². The Morgan fingerprint density at radius 1 is 0.968 bits per heavy atom. The molecular weight excluding hydrogens is 386 g/mol. The standard InChI is InChI=1S/C26H33N3O2/c1-18-8-4-9-19(2)24(18)26(31)28-14-7-11-21(17-28)25(30)27-22-12-5-13-23(16-22)29-15-6-10-20(29)3/h4-5,8-9,12-13,16,20-21H,6-7,10-11,14-15,17H2,1-3H3,(H,27,30). The fraction of sp³-hybridized carbons (Fsp3) is 0.462. The van der Waals surface area contributed by atoms with Crippen LogP contribution in [0, 0.1) is 19.8 Å². The van der Waals surface area contributed by atoms with Gasteiger partial charge in [0.1, 0.15) is 0 Å². The van der Waals surface area contributed by atoms with Crippen molar-refractivity contribution >= 4 is 23.2 Å². The Morgan fingerprint density at radius 2 is 1.68 bits per heavy atom. The van der Waals surface area contributed by atoms with Gasteiger partial charge in [0.05, 0.1) is 5.92 Å². The molecule has 0 spiro atoms. The predicted molar refractivity (Wildman–Crippen MR) is 126 cm³/mol. The Bertz CT molecular complexity index is 951. The second-order valence-electron chi connectivity index (χ2n) is 9.08. The van der Waals surface area contributed by atoms with Crippen molar-refractivity contribution in [2.45, 2.75) is 52.5 Å². The number of nitrogens with zero attached hydrogens (tertiary/aromatic N) is 2. The zero-order valence-corrected chi connectivity index (χ0v) is 18.9. The first-order chi connectivity index (χ1) is 14.9. The predicted octanol–water partition coefficient (Wildman–Crippen LogP) is 4.78. The number of hydrogen-bond acceptors (Lipinski definition) is 3. The summed E-state index contributed by atoms with van der Waals surface area (Å²) in [5.41, 5.74) is 4.75. The number of hydrogen-bond donors (Lipinski definition) is 1. The maximum Gasteiger partial charge on any atom is 0.254 e. The topological polar surface area (TPSA) is 52.7 Å². The monoisotopic (exact) mass is 419 g/mol. The van der Waals surface area contributed by atoms with Gasteiger partial charge >= 0.3 is 0 Å². The summed E-state index contributed by atoms with van der Waals surface area (Å²) in [4.78, 5) is 30.5. The van der Waals surface area contributed by atoms with Crippen molar-refractivity contribution in [2.75, 3.05) is 29.9 Å². The van der Waals surface area contributed by atoms with E-state index in [1.165, 1.54) is 18.5 Å². The van der Waals surface area contributed by atoms with E-state index in [4.69, 9.17) is 0 Å². The molecule has 0 saturated carbocycles. The summed E-state index contributed by atoms with van der Waals surface area (Å²) < 4.78 is 0. The maximum atomic E-state index is 13.2. The minimum atomic E-state index is -0.184. The number of anilines is 2. The fourth-order valence-corrected chi connectivity index (χ4v) is 5.01. The number of carbonyl (C=O) groups excluding carboxylic acids is 2. The second-order valence-corrected chi connectivity index (χ2v) is 9.08. The summed E-state index contributed by atoms with van der Waals surface area (Å²) in [5, 5.41) is 3.11. The van der Waals surface area contributed by atoms with Gasteiger partial charge in [0.2, 0.25) is 5.91 Å². The van der Waals surface area contributed by atoms with Gasteiger partial charge in [0, 0.05) is 42.6 Å². The Hall–Kier alpha value is -2.82. The molecule has 0 aliphatic carbocycles. The van der Waals surface area contributed by atoms with Crippen LogP contribution in [0.15, 0.2) is 42.5 Å². The summed E-state index contributed by atoms with van der Waals surface area (Å²) in [6.45, 7) is 8.45. The third-order valence-electron chi connectivity index (χ3n) is 6.77. The van der Waals surface area contributed by atoms with Crippen LogP contribution in [0.5, 0.6) is 0 Å². The first kappa shape index (κ1) is 21.4. The van der Waals surface area contributed by atoms with Crippen LogP contribution in [0.3, 0.4) is 0 Å². The normalized spacial score (nSPS) is 21.3. The zero-order chi connectivity index (χ0) is 22.0. The molecule has 2 heterocycles. The van der Waals surface area contributed by atoms with Crippen molar-refractivity contribution in [1.82, 2.24) is 4.90 Å². The number of carbonyl (C=O) groups is 2. The molecule has 164 valence electrons. The molecule has 0 aromatic heterocycles. The summed E-state index contributed by atoms with van der Waals surface area (Å²) >= 11 is 0. The third-order valence-corrected chi connectivity index (χ3v) is 6.77.